The first-order valence-corrected chi connectivity index (χ1v) is 8.71. The van der Waals surface area contributed by atoms with Crippen LogP contribution in [0.3, 0.4) is 0 Å². The second-order valence-corrected chi connectivity index (χ2v) is 6.36. The predicted octanol–water partition coefficient (Wildman–Crippen LogP) is 2.96. The lowest BCUT2D eigenvalue weighted by atomic mass is 9.97. The molecule has 3 rings (SSSR count). The van der Waals surface area contributed by atoms with E-state index in [1.165, 1.54) is 24.8 Å². The molecule has 0 spiro atoms. The SMILES string of the molecule is O=C(COc1ccc2c(c1)CCC(=O)N2)NCCC1=CCCCC1. The molecule has 0 aromatic heterocycles. The summed E-state index contributed by atoms with van der Waals surface area (Å²) in [7, 11) is 0. The summed E-state index contributed by atoms with van der Waals surface area (Å²) in [6.45, 7) is 0.689. The lowest BCUT2D eigenvalue weighted by Gasteiger charge is -2.17. The Hall–Kier alpha value is -2.30. The van der Waals surface area contributed by atoms with Gasteiger partial charge in [0.15, 0.2) is 6.61 Å². The van der Waals surface area contributed by atoms with E-state index < -0.39 is 0 Å². The highest BCUT2D eigenvalue weighted by atomic mass is 16.5. The van der Waals surface area contributed by atoms with Gasteiger partial charge in [-0.2, -0.15) is 0 Å². The number of nitrogens with one attached hydrogen (secondary N) is 2. The molecule has 1 aromatic rings. The molecule has 0 radical (unpaired) electrons. The van der Waals surface area contributed by atoms with Gasteiger partial charge in [-0.1, -0.05) is 11.6 Å². The highest BCUT2D eigenvalue weighted by Gasteiger charge is 2.15. The monoisotopic (exact) mass is 328 g/mol. The topological polar surface area (TPSA) is 67.4 Å². The number of benzene rings is 1. The molecule has 0 atom stereocenters. The number of amides is 2. The second-order valence-electron chi connectivity index (χ2n) is 6.36. The second kappa shape index (κ2) is 7.99. The molecule has 2 N–H and O–H groups in total. The lowest BCUT2D eigenvalue weighted by molar-refractivity contribution is -0.123. The molecule has 1 aliphatic heterocycles. The van der Waals surface area contributed by atoms with Crippen molar-refractivity contribution in [1.29, 1.82) is 0 Å². The third kappa shape index (κ3) is 4.60. The van der Waals surface area contributed by atoms with Crippen molar-refractivity contribution >= 4 is 17.5 Å². The Balaban J connectivity index is 1.41. The van der Waals surface area contributed by atoms with E-state index in [2.05, 4.69) is 16.7 Å². The van der Waals surface area contributed by atoms with Gasteiger partial charge in [0.05, 0.1) is 0 Å². The van der Waals surface area contributed by atoms with Gasteiger partial charge >= 0.3 is 0 Å². The van der Waals surface area contributed by atoms with E-state index in [9.17, 15) is 9.59 Å². The van der Waals surface area contributed by atoms with E-state index in [-0.39, 0.29) is 18.4 Å². The number of fused-ring (bicyclic) bond motifs is 1. The highest BCUT2D eigenvalue weighted by molar-refractivity contribution is 5.94. The molecule has 0 bridgehead atoms. The fourth-order valence-electron chi connectivity index (χ4n) is 3.14. The average Bonchev–Trinajstić information content (AvgIpc) is 2.61. The van der Waals surface area contributed by atoms with Crippen molar-refractivity contribution in [3.8, 4) is 5.75 Å². The largest absolute Gasteiger partial charge is 0.484 e. The summed E-state index contributed by atoms with van der Waals surface area (Å²) in [5.74, 6) is 0.607. The molecule has 1 aliphatic carbocycles. The van der Waals surface area contributed by atoms with E-state index in [1.807, 2.05) is 12.1 Å². The van der Waals surface area contributed by atoms with Crippen molar-refractivity contribution in [1.82, 2.24) is 5.32 Å². The van der Waals surface area contributed by atoms with Crippen LogP contribution >= 0.6 is 0 Å². The van der Waals surface area contributed by atoms with E-state index >= 15 is 0 Å². The van der Waals surface area contributed by atoms with Gasteiger partial charge in [0.25, 0.3) is 5.91 Å². The minimum atomic E-state index is -0.0996. The minimum absolute atomic E-state index is 0.0180. The number of aryl methyl sites for hydroxylation is 1. The van der Waals surface area contributed by atoms with E-state index in [1.54, 1.807) is 6.07 Å². The van der Waals surface area contributed by atoms with Crippen LogP contribution in [-0.4, -0.2) is 25.0 Å². The number of hydrogen-bond donors (Lipinski definition) is 2. The maximum Gasteiger partial charge on any atom is 0.257 e. The van der Waals surface area contributed by atoms with Crippen molar-refractivity contribution in [3.05, 3.63) is 35.4 Å². The zero-order valence-corrected chi connectivity index (χ0v) is 13.9. The van der Waals surface area contributed by atoms with E-state index in [0.717, 1.165) is 24.1 Å². The Morgan fingerprint density at radius 1 is 1.21 bits per heavy atom. The van der Waals surface area contributed by atoms with Crippen LogP contribution < -0.4 is 15.4 Å². The lowest BCUT2D eigenvalue weighted by Crippen LogP contribution is -2.30. The fourth-order valence-corrected chi connectivity index (χ4v) is 3.14. The predicted molar refractivity (Wildman–Crippen MR) is 93.1 cm³/mol. The summed E-state index contributed by atoms with van der Waals surface area (Å²) in [5, 5.41) is 5.74. The number of hydrogen-bond acceptors (Lipinski definition) is 3. The fraction of sp³-hybridized carbons (Fsp3) is 0.474. The quantitative estimate of drug-likeness (QED) is 0.789. The first-order chi connectivity index (χ1) is 11.7. The minimum Gasteiger partial charge on any atom is -0.484 e. The standard InChI is InChI=1S/C19H24N2O3/c22-18-9-6-15-12-16(7-8-17(15)21-18)24-13-19(23)20-11-10-14-4-2-1-3-5-14/h4,7-8,12H,1-3,5-6,9-11,13H2,(H,20,23)(H,21,22). The van der Waals surface area contributed by atoms with Gasteiger partial charge in [-0.15, -0.1) is 0 Å². The Morgan fingerprint density at radius 3 is 2.96 bits per heavy atom. The van der Waals surface area contributed by atoms with Crippen molar-refractivity contribution < 1.29 is 14.3 Å². The molecule has 128 valence electrons. The van der Waals surface area contributed by atoms with Gasteiger partial charge < -0.3 is 15.4 Å². The molecule has 1 aromatic carbocycles. The van der Waals surface area contributed by atoms with Crippen LogP contribution in [0.1, 0.15) is 44.1 Å². The molecule has 0 fully saturated rings. The third-order valence-electron chi connectivity index (χ3n) is 4.50. The molecule has 2 aliphatic rings. The van der Waals surface area contributed by atoms with E-state index in [4.69, 9.17) is 4.74 Å². The van der Waals surface area contributed by atoms with Crippen molar-refractivity contribution in [2.24, 2.45) is 0 Å². The molecule has 2 amide bonds. The molecular weight excluding hydrogens is 304 g/mol. The summed E-state index contributed by atoms with van der Waals surface area (Å²) >= 11 is 0. The zero-order valence-electron chi connectivity index (χ0n) is 13.9. The molecule has 5 heteroatoms. The smallest absolute Gasteiger partial charge is 0.257 e. The maximum atomic E-state index is 11.9. The van der Waals surface area contributed by atoms with Gasteiger partial charge in [-0.25, -0.2) is 0 Å². The van der Waals surface area contributed by atoms with Gasteiger partial charge in [0, 0.05) is 18.7 Å². The van der Waals surface area contributed by atoms with Crippen LogP contribution in [-0.2, 0) is 16.0 Å². The summed E-state index contributed by atoms with van der Waals surface area (Å²) in [6.07, 6.45) is 9.33. The van der Waals surface area contributed by atoms with E-state index in [0.29, 0.717) is 25.1 Å². The molecule has 0 unspecified atom stereocenters. The first kappa shape index (κ1) is 16.6. The van der Waals surface area contributed by atoms with Crippen LogP contribution in [0.4, 0.5) is 5.69 Å². The third-order valence-corrected chi connectivity index (χ3v) is 4.50. The van der Waals surface area contributed by atoms with Gasteiger partial charge in [0.1, 0.15) is 5.75 Å². The van der Waals surface area contributed by atoms with Crippen LogP contribution in [0.2, 0.25) is 0 Å². The number of anilines is 1. The summed E-state index contributed by atoms with van der Waals surface area (Å²) in [4.78, 5) is 23.2. The number of allylic oxidation sites excluding steroid dienone is 1. The molecular formula is C19H24N2O3. The summed E-state index contributed by atoms with van der Waals surface area (Å²) in [6, 6.07) is 5.51. The van der Waals surface area contributed by atoms with Gasteiger partial charge in [-0.05, 0) is 62.3 Å². The summed E-state index contributed by atoms with van der Waals surface area (Å²) < 4.78 is 5.56. The average molecular weight is 328 g/mol. The van der Waals surface area contributed by atoms with Crippen LogP contribution in [0.15, 0.2) is 29.8 Å². The van der Waals surface area contributed by atoms with Crippen molar-refractivity contribution in [3.63, 3.8) is 0 Å². The van der Waals surface area contributed by atoms with Gasteiger partial charge in [0.2, 0.25) is 5.91 Å². The Morgan fingerprint density at radius 2 is 2.12 bits per heavy atom. The van der Waals surface area contributed by atoms with Crippen LogP contribution in [0.25, 0.3) is 0 Å². The Kier molecular flexibility index (Phi) is 5.51. The Bertz CT molecular complexity index is 652. The first-order valence-electron chi connectivity index (χ1n) is 8.71. The molecule has 24 heavy (non-hydrogen) atoms. The number of carbonyl (C=O) groups is 2. The maximum absolute atomic E-state index is 11.9. The zero-order chi connectivity index (χ0) is 16.8. The normalized spacial score (nSPS) is 16.7. The highest BCUT2D eigenvalue weighted by Crippen LogP contribution is 2.26. The number of carbonyl (C=O) groups excluding carboxylic acids is 2. The molecule has 1 heterocycles. The van der Waals surface area contributed by atoms with Gasteiger partial charge in [-0.3, -0.25) is 9.59 Å². The number of ether oxygens (including phenoxy) is 1. The van der Waals surface area contributed by atoms with Crippen molar-refractivity contribution in [2.45, 2.75) is 44.9 Å². The number of rotatable bonds is 6. The van der Waals surface area contributed by atoms with Crippen LogP contribution in [0.5, 0.6) is 5.75 Å². The van der Waals surface area contributed by atoms with Crippen molar-refractivity contribution in [2.75, 3.05) is 18.5 Å². The Labute approximate surface area is 142 Å². The summed E-state index contributed by atoms with van der Waals surface area (Å²) in [5.41, 5.74) is 3.35. The van der Waals surface area contributed by atoms with Crippen LogP contribution in [0, 0.1) is 0 Å². The molecule has 0 saturated heterocycles. The molecule has 5 nitrogen and oxygen atoms in total. The molecule has 0 saturated carbocycles.